The molecule has 0 spiro atoms. The van der Waals surface area contributed by atoms with Gasteiger partial charge < -0.3 is 10.2 Å². The summed E-state index contributed by atoms with van der Waals surface area (Å²) in [5.74, 6) is 0.511. The highest BCUT2D eigenvalue weighted by Gasteiger charge is 2.48. The van der Waals surface area contributed by atoms with Crippen LogP contribution in [-0.4, -0.2) is 34.5 Å². The zero-order valence-electron chi connectivity index (χ0n) is 17.7. The number of aryl methyl sites for hydroxylation is 1. The van der Waals surface area contributed by atoms with Gasteiger partial charge in [0.2, 0.25) is 0 Å². The van der Waals surface area contributed by atoms with Crippen LogP contribution in [0, 0.1) is 18.8 Å². The van der Waals surface area contributed by atoms with Gasteiger partial charge in [-0.3, -0.25) is 10.4 Å². The number of halogens is 3. The summed E-state index contributed by atoms with van der Waals surface area (Å²) in [6.45, 7) is 2.36. The van der Waals surface area contributed by atoms with Crippen molar-refractivity contribution in [1.82, 2.24) is 26.1 Å². The SMILES string of the molecule is Cc1cc(C2NNC3CC4NC(=O)N(Cc5ccccc5C(F)(F)F)CC4CC32)ccn1. The number of amides is 2. The van der Waals surface area contributed by atoms with Crippen LogP contribution >= 0.6 is 0 Å². The minimum atomic E-state index is -4.44. The summed E-state index contributed by atoms with van der Waals surface area (Å²) in [4.78, 5) is 18.5. The minimum absolute atomic E-state index is 0.0186. The molecule has 2 saturated heterocycles. The van der Waals surface area contributed by atoms with Crippen molar-refractivity contribution in [3.8, 4) is 0 Å². The first-order valence-corrected chi connectivity index (χ1v) is 10.9. The van der Waals surface area contributed by atoms with Gasteiger partial charge in [-0.05, 0) is 60.9 Å². The molecule has 3 heterocycles. The number of carbonyl (C=O) groups is 1. The number of nitrogens with one attached hydrogen (secondary N) is 3. The van der Waals surface area contributed by atoms with Crippen LogP contribution in [0.3, 0.4) is 0 Å². The highest BCUT2D eigenvalue weighted by Crippen LogP contribution is 2.42. The summed E-state index contributed by atoms with van der Waals surface area (Å²) >= 11 is 0. The van der Waals surface area contributed by atoms with E-state index in [-0.39, 0.29) is 42.2 Å². The second kappa shape index (κ2) is 8.04. The quantitative estimate of drug-likeness (QED) is 0.676. The highest BCUT2D eigenvalue weighted by atomic mass is 19.4. The maximum atomic E-state index is 13.4. The molecule has 1 saturated carbocycles. The molecular weight excluding hydrogens is 419 g/mol. The molecule has 5 unspecified atom stereocenters. The first-order chi connectivity index (χ1) is 15.3. The van der Waals surface area contributed by atoms with E-state index in [4.69, 9.17) is 0 Å². The Hall–Kier alpha value is -2.65. The lowest BCUT2D eigenvalue weighted by Gasteiger charge is -2.45. The fourth-order valence-corrected chi connectivity index (χ4v) is 5.52. The lowest BCUT2D eigenvalue weighted by Crippen LogP contribution is -2.60. The first kappa shape index (κ1) is 21.2. The highest BCUT2D eigenvalue weighted by molar-refractivity contribution is 5.75. The standard InChI is InChI=1S/C23H26F3N5O/c1-13-8-14(6-7-27-13)21-17-9-16-12-31(22(32)28-19(16)10-20(17)29-30-21)11-15-4-2-3-5-18(15)23(24,25)26/h2-8,16-17,19-21,29-30H,9-12H2,1H3,(H,28,32). The molecule has 6 nitrogen and oxygen atoms in total. The lowest BCUT2D eigenvalue weighted by molar-refractivity contribution is -0.138. The predicted molar refractivity (Wildman–Crippen MR) is 112 cm³/mol. The van der Waals surface area contributed by atoms with Gasteiger partial charge in [0.25, 0.3) is 0 Å². The summed E-state index contributed by atoms with van der Waals surface area (Å²) in [5.41, 5.74) is 8.37. The van der Waals surface area contributed by atoms with Crippen LogP contribution in [0.1, 0.15) is 41.3 Å². The zero-order valence-corrected chi connectivity index (χ0v) is 17.7. The molecule has 1 aliphatic carbocycles. The van der Waals surface area contributed by atoms with E-state index >= 15 is 0 Å². The fraction of sp³-hybridized carbons (Fsp3) is 0.478. The number of urea groups is 1. The summed E-state index contributed by atoms with van der Waals surface area (Å²) < 4.78 is 40.2. The average molecular weight is 445 g/mol. The number of aromatic nitrogens is 1. The van der Waals surface area contributed by atoms with Gasteiger partial charge in [0, 0.05) is 37.1 Å². The predicted octanol–water partition coefficient (Wildman–Crippen LogP) is 3.55. The Morgan fingerprint density at radius 2 is 1.94 bits per heavy atom. The number of fused-ring (bicyclic) bond motifs is 2. The molecule has 3 fully saturated rings. The Morgan fingerprint density at radius 3 is 2.72 bits per heavy atom. The molecule has 0 bridgehead atoms. The molecule has 32 heavy (non-hydrogen) atoms. The largest absolute Gasteiger partial charge is 0.416 e. The van der Waals surface area contributed by atoms with Crippen molar-refractivity contribution in [3.05, 3.63) is 65.0 Å². The van der Waals surface area contributed by atoms with Crippen LogP contribution in [0.25, 0.3) is 0 Å². The summed E-state index contributed by atoms with van der Waals surface area (Å²) in [5, 5.41) is 3.05. The second-order valence-corrected chi connectivity index (χ2v) is 9.09. The molecule has 3 aliphatic rings. The lowest BCUT2D eigenvalue weighted by atomic mass is 9.71. The average Bonchev–Trinajstić information content (AvgIpc) is 3.15. The minimum Gasteiger partial charge on any atom is -0.335 e. The van der Waals surface area contributed by atoms with E-state index < -0.39 is 11.7 Å². The number of pyridine rings is 1. The third-order valence-electron chi connectivity index (χ3n) is 7.04. The van der Waals surface area contributed by atoms with Crippen molar-refractivity contribution in [2.75, 3.05) is 6.54 Å². The van der Waals surface area contributed by atoms with Gasteiger partial charge in [-0.25, -0.2) is 10.2 Å². The molecular formula is C23H26F3N5O. The zero-order chi connectivity index (χ0) is 22.5. The van der Waals surface area contributed by atoms with Crippen LogP contribution in [0.2, 0.25) is 0 Å². The number of benzene rings is 1. The smallest absolute Gasteiger partial charge is 0.335 e. The van der Waals surface area contributed by atoms with Crippen molar-refractivity contribution in [1.29, 1.82) is 0 Å². The van der Waals surface area contributed by atoms with Crippen molar-refractivity contribution in [2.24, 2.45) is 11.8 Å². The van der Waals surface area contributed by atoms with E-state index in [0.29, 0.717) is 12.5 Å². The summed E-state index contributed by atoms with van der Waals surface area (Å²) in [6, 6.07) is 9.67. The van der Waals surface area contributed by atoms with E-state index in [2.05, 4.69) is 27.2 Å². The van der Waals surface area contributed by atoms with Crippen LogP contribution in [0.4, 0.5) is 18.0 Å². The number of carbonyl (C=O) groups excluding carboxylic acids is 1. The van der Waals surface area contributed by atoms with Gasteiger partial charge in [0.1, 0.15) is 0 Å². The molecule has 2 aliphatic heterocycles. The third kappa shape index (κ3) is 3.95. The number of alkyl halides is 3. The third-order valence-corrected chi connectivity index (χ3v) is 7.04. The Labute approximate surface area is 184 Å². The molecule has 5 atom stereocenters. The molecule has 2 amide bonds. The Bertz CT molecular complexity index is 1010. The molecule has 3 N–H and O–H groups in total. The number of rotatable bonds is 3. The topological polar surface area (TPSA) is 69.3 Å². The van der Waals surface area contributed by atoms with Crippen LogP contribution in [-0.2, 0) is 12.7 Å². The fourth-order valence-electron chi connectivity index (χ4n) is 5.52. The monoisotopic (exact) mass is 445 g/mol. The number of hydrogen-bond donors (Lipinski definition) is 3. The van der Waals surface area contributed by atoms with Crippen molar-refractivity contribution in [3.63, 3.8) is 0 Å². The van der Waals surface area contributed by atoms with Gasteiger partial charge in [-0.1, -0.05) is 18.2 Å². The maximum absolute atomic E-state index is 13.4. The van der Waals surface area contributed by atoms with Gasteiger partial charge in [-0.2, -0.15) is 13.2 Å². The van der Waals surface area contributed by atoms with E-state index in [0.717, 1.165) is 24.6 Å². The van der Waals surface area contributed by atoms with E-state index in [1.807, 2.05) is 19.2 Å². The van der Waals surface area contributed by atoms with Crippen LogP contribution in [0.15, 0.2) is 42.6 Å². The second-order valence-electron chi connectivity index (χ2n) is 9.09. The van der Waals surface area contributed by atoms with Gasteiger partial charge in [-0.15, -0.1) is 0 Å². The van der Waals surface area contributed by atoms with Crippen LogP contribution < -0.4 is 16.2 Å². The van der Waals surface area contributed by atoms with Crippen molar-refractivity contribution in [2.45, 2.75) is 50.6 Å². The van der Waals surface area contributed by atoms with Gasteiger partial charge in [0.05, 0.1) is 11.6 Å². The molecule has 9 heteroatoms. The molecule has 5 rings (SSSR count). The van der Waals surface area contributed by atoms with Gasteiger partial charge in [0.15, 0.2) is 0 Å². The van der Waals surface area contributed by atoms with Crippen LogP contribution in [0.5, 0.6) is 0 Å². The van der Waals surface area contributed by atoms with E-state index in [1.54, 1.807) is 6.07 Å². The maximum Gasteiger partial charge on any atom is 0.416 e. The first-order valence-electron chi connectivity index (χ1n) is 10.9. The Morgan fingerprint density at radius 1 is 1.12 bits per heavy atom. The van der Waals surface area contributed by atoms with Gasteiger partial charge >= 0.3 is 12.2 Å². The van der Waals surface area contributed by atoms with E-state index in [1.165, 1.54) is 22.6 Å². The molecule has 170 valence electrons. The van der Waals surface area contributed by atoms with Crippen molar-refractivity contribution < 1.29 is 18.0 Å². The summed E-state index contributed by atoms with van der Waals surface area (Å²) in [7, 11) is 0. The summed E-state index contributed by atoms with van der Waals surface area (Å²) in [6.07, 6.45) is -0.965. The molecule has 1 aromatic heterocycles. The number of hydrazine groups is 1. The Balaban J connectivity index is 1.33. The van der Waals surface area contributed by atoms with Crippen molar-refractivity contribution >= 4 is 6.03 Å². The molecule has 2 aromatic rings. The number of hydrogen-bond acceptors (Lipinski definition) is 4. The normalized spacial score (nSPS) is 29.9. The Kier molecular flexibility index (Phi) is 5.33. The number of nitrogens with zero attached hydrogens (tertiary/aromatic N) is 2. The van der Waals surface area contributed by atoms with E-state index in [9.17, 15) is 18.0 Å². The molecule has 1 aromatic carbocycles. The molecule has 0 radical (unpaired) electrons.